The number of nitro groups is 1. The molecule has 0 aromatic rings. The number of carbonyl (C=O) groups is 1. The minimum absolute atomic E-state index is 0.118. The Bertz CT molecular complexity index is 205. The molecule has 0 spiro atoms. The van der Waals surface area contributed by atoms with Gasteiger partial charge >= 0.3 is 5.97 Å². The van der Waals surface area contributed by atoms with Gasteiger partial charge in [0.05, 0.1) is 13.0 Å². The predicted molar refractivity (Wildman–Crippen MR) is 51.5 cm³/mol. The van der Waals surface area contributed by atoms with Crippen molar-refractivity contribution in [3.05, 3.63) is 10.1 Å². The van der Waals surface area contributed by atoms with E-state index in [1.54, 1.807) is 20.8 Å². The van der Waals surface area contributed by atoms with Crippen LogP contribution < -0.4 is 0 Å². The van der Waals surface area contributed by atoms with Crippen molar-refractivity contribution >= 4 is 5.97 Å². The molecule has 0 aromatic heterocycles. The van der Waals surface area contributed by atoms with Crippen molar-refractivity contribution in [2.45, 2.75) is 39.7 Å². The van der Waals surface area contributed by atoms with E-state index in [2.05, 4.69) is 0 Å². The third-order valence-corrected chi connectivity index (χ3v) is 2.14. The fourth-order valence-electron chi connectivity index (χ4n) is 1.38. The first-order valence-electron chi connectivity index (χ1n) is 4.82. The molecule has 0 fully saturated rings. The SMILES string of the molecule is CCOC(=O)C[C@H](C)[C@@H](CC)[N+](=O)[O-]. The minimum atomic E-state index is -0.653. The number of hydrogen-bond donors (Lipinski definition) is 0. The van der Waals surface area contributed by atoms with Gasteiger partial charge in [0.25, 0.3) is 0 Å². The summed E-state index contributed by atoms with van der Waals surface area (Å²) in [5, 5.41) is 10.6. The molecule has 0 unspecified atom stereocenters. The number of rotatable bonds is 6. The van der Waals surface area contributed by atoms with Crippen LogP contribution in [0, 0.1) is 16.0 Å². The molecule has 0 aliphatic rings. The Morgan fingerprint density at radius 2 is 2.07 bits per heavy atom. The summed E-state index contributed by atoms with van der Waals surface area (Å²) in [6.07, 6.45) is 0.556. The quantitative estimate of drug-likeness (QED) is 0.373. The topological polar surface area (TPSA) is 69.4 Å². The van der Waals surface area contributed by atoms with Gasteiger partial charge in [-0.2, -0.15) is 0 Å². The number of ether oxygens (including phenoxy) is 1. The highest BCUT2D eigenvalue weighted by Gasteiger charge is 2.27. The zero-order valence-electron chi connectivity index (χ0n) is 8.86. The predicted octanol–water partition coefficient (Wildman–Crippen LogP) is 1.63. The second kappa shape index (κ2) is 6.34. The fraction of sp³-hybridized carbons (Fsp3) is 0.889. The van der Waals surface area contributed by atoms with Gasteiger partial charge in [0, 0.05) is 17.3 Å². The maximum Gasteiger partial charge on any atom is 0.306 e. The Balaban J connectivity index is 4.10. The van der Waals surface area contributed by atoms with Crippen LogP contribution in [0.4, 0.5) is 0 Å². The lowest BCUT2D eigenvalue weighted by Crippen LogP contribution is -2.28. The first-order chi connectivity index (χ1) is 6.52. The summed E-state index contributed by atoms with van der Waals surface area (Å²) in [6.45, 7) is 5.48. The third kappa shape index (κ3) is 4.20. The van der Waals surface area contributed by atoms with E-state index < -0.39 is 6.04 Å². The van der Waals surface area contributed by atoms with Crippen molar-refractivity contribution in [2.24, 2.45) is 5.92 Å². The van der Waals surface area contributed by atoms with Gasteiger partial charge in [-0.05, 0) is 6.92 Å². The standard InChI is InChI=1S/C9H17NO4/c1-4-8(10(12)13)7(3)6-9(11)14-5-2/h7-8H,4-6H2,1-3H3/t7-,8+/m0/s1. The molecule has 0 saturated heterocycles. The molecular weight excluding hydrogens is 186 g/mol. The molecular formula is C9H17NO4. The number of esters is 1. The van der Waals surface area contributed by atoms with Gasteiger partial charge in [-0.1, -0.05) is 13.8 Å². The van der Waals surface area contributed by atoms with Crippen molar-refractivity contribution in [2.75, 3.05) is 6.61 Å². The van der Waals surface area contributed by atoms with Crippen molar-refractivity contribution < 1.29 is 14.5 Å². The molecule has 0 aromatic carbocycles. The summed E-state index contributed by atoms with van der Waals surface area (Å²) in [4.78, 5) is 21.3. The van der Waals surface area contributed by atoms with Gasteiger partial charge in [-0.15, -0.1) is 0 Å². The van der Waals surface area contributed by atoms with Crippen LogP contribution in [0.3, 0.4) is 0 Å². The Labute approximate surface area is 83.6 Å². The van der Waals surface area contributed by atoms with Crippen LogP contribution >= 0.6 is 0 Å². The highest BCUT2D eigenvalue weighted by molar-refractivity contribution is 5.69. The van der Waals surface area contributed by atoms with Crippen LogP contribution in [0.2, 0.25) is 0 Å². The Hall–Kier alpha value is -1.13. The second-order valence-electron chi connectivity index (χ2n) is 3.25. The van der Waals surface area contributed by atoms with E-state index in [1.807, 2.05) is 0 Å². The third-order valence-electron chi connectivity index (χ3n) is 2.14. The lowest BCUT2D eigenvalue weighted by atomic mass is 9.97. The lowest BCUT2D eigenvalue weighted by Gasteiger charge is -2.14. The van der Waals surface area contributed by atoms with Crippen LogP contribution in [-0.4, -0.2) is 23.5 Å². The first kappa shape index (κ1) is 12.9. The van der Waals surface area contributed by atoms with E-state index in [0.29, 0.717) is 13.0 Å². The zero-order chi connectivity index (χ0) is 11.1. The smallest absolute Gasteiger partial charge is 0.306 e. The molecule has 0 radical (unpaired) electrons. The summed E-state index contributed by atoms with van der Waals surface area (Å²) >= 11 is 0. The minimum Gasteiger partial charge on any atom is -0.466 e. The summed E-state index contributed by atoms with van der Waals surface area (Å²) in [6, 6.07) is -0.653. The Morgan fingerprint density at radius 3 is 2.43 bits per heavy atom. The molecule has 5 heteroatoms. The van der Waals surface area contributed by atoms with Crippen molar-refractivity contribution in [3.8, 4) is 0 Å². The normalized spacial score (nSPS) is 14.5. The van der Waals surface area contributed by atoms with E-state index in [-0.39, 0.29) is 23.2 Å². The maximum absolute atomic E-state index is 11.1. The molecule has 0 saturated carbocycles. The highest BCUT2D eigenvalue weighted by atomic mass is 16.6. The molecule has 0 bridgehead atoms. The average Bonchev–Trinajstić information content (AvgIpc) is 2.04. The molecule has 0 aliphatic carbocycles. The molecule has 0 rings (SSSR count). The summed E-state index contributed by atoms with van der Waals surface area (Å²) in [5.41, 5.74) is 0. The summed E-state index contributed by atoms with van der Waals surface area (Å²) in [7, 11) is 0. The summed E-state index contributed by atoms with van der Waals surface area (Å²) < 4.78 is 4.73. The molecule has 0 aliphatic heterocycles. The van der Waals surface area contributed by atoms with Gasteiger partial charge in [-0.25, -0.2) is 0 Å². The average molecular weight is 203 g/mol. The Kier molecular flexibility index (Phi) is 5.83. The molecule has 14 heavy (non-hydrogen) atoms. The van der Waals surface area contributed by atoms with Crippen LogP contribution in [0.5, 0.6) is 0 Å². The van der Waals surface area contributed by atoms with Crippen molar-refractivity contribution in [1.82, 2.24) is 0 Å². The molecule has 0 amide bonds. The van der Waals surface area contributed by atoms with Gasteiger partial charge in [0.1, 0.15) is 0 Å². The van der Waals surface area contributed by atoms with Gasteiger partial charge in [0.15, 0.2) is 0 Å². The van der Waals surface area contributed by atoms with Crippen LogP contribution in [0.25, 0.3) is 0 Å². The highest BCUT2D eigenvalue weighted by Crippen LogP contribution is 2.14. The van der Waals surface area contributed by atoms with Crippen LogP contribution in [0.1, 0.15) is 33.6 Å². The summed E-state index contributed by atoms with van der Waals surface area (Å²) in [5.74, 6) is -0.630. The van der Waals surface area contributed by atoms with Crippen molar-refractivity contribution in [1.29, 1.82) is 0 Å². The molecule has 82 valence electrons. The number of nitrogens with zero attached hydrogens (tertiary/aromatic N) is 1. The first-order valence-corrected chi connectivity index (χ1v) is 4.82. The Morgan fingerprint density at radius 1 is 1.50 bits per heavy atom. The van der Waals surface area contributed by atoms with Crippen LogP contribution in [0.15, 0.2) is 0 Å². The molecule has 0 heterocycles. The van der Waals surface area contributed by atoms with E-state index in [4.69, 9.17) is 4.74 Å². The number of carbonyl (C=O) groups excluding carboxylic acids is 1. The van der Waals surface area contributed by atoms with E-state index in [0.717, 1.165) is 0 Å². The second-order valence-corrected chi connectivity index (χ2v) is 3.25. The maximum atomic E-state index is 11.1. The lowest BCUT2D eigenvalue weighted by molar-refractivity contribution is -0.531. The van der Waals surface area contributed by atoms with Gasteiger partial charge < -0.3 is 4.74 Å². The zero-order valence-corrected chi connectivity index (χ0v) is 8.86. The molecule has 2 atom stereocenters. The fourth-order valence-corrected chi connectivity index (χ4v) is 1.38. The van der Waals surface area contributed by atoms with E-state index >= 15 is 0 Å². The monoisotopic (exact) mass is 203 g/mol. The van der Waals surface area contributed by atoms with Crippen molar-refractivity contribution in [3.63, 3.8) is 0 Å². The van der Waals surface area contributed by atoms with E-state index in [1.165, 1.54) is 0 Å². The molecule has 0 N–H and O–H groups in total. The largest absolute Gasteiger partial charge is 0.466 e. The van der Waals surface area contributed by atoms with Gasteiger partial charge in [-0.3, -0.25) is 14.9 Å². The van der Waals surface area contributed by atoms with E-state index in [9.17, 15) is 14.9 Å². The van der Waals surface area contributed by atoms with Crippen LogP contribution in [-0.2, 0) is 9.53 Å². The number of hydrogen-bond acceptors (Lipinski definition) is 4. The molecule has 5 nitrogen and oxygen atoms in total. The van der Waals surface area contributed by atoms with Gasteiger partial charge in [0.2, 0.25) is 6.04 Å².